The van der Waals surface area contributed by atoms with Crippen LogP contribution in [0.25, 0.3) is 0 Å². The molecule has 4 nitrogen and oxygen atoms in total. The number of Topliss-reactive ketones (excluding diaryl/α,β-unsaturated/α-hetero) is 1. The Balaban J connectivity index is 1.90. The number of carbonyl (C=O) groups is 1. The fraction of sp³-hybridized carbons (Fsp3) is 0.562. The number of ketones is 1. The van der Waals surface area contributed by atoms with Crippen LogP contribution in [0.4, 0.5) is 4.39 Å². The van der Waals surface area contributed by atoms with Crippen LogP contribution in [0.2, 0.25) is 0 Å². The van der Waals surface area contributed by atoms with Gasteiger partial charge >= 0.3 is 0 Å². The Morgan fingerprint density at radius 1 is 1.43 bits per heavy atom. The molecule has 116 valence electrons. The van der Waals surface area contributed by atoms with Gasteiger partial charge in [-0.25, -0.2) is 4.39 Å². The van der Waals surface area contributed by atoms with Crippen molar-refractivity contribution < 1.29 is 19.0 Å². The Morgan fingerprint density at radius 3 is 2.71 bits per heavy atom. The van der Waals surface area contributed by atoms with E-state index < -0.39 is 0 Å². The van der Waals surface area contributed by atoms with Gasteiger partial charge in [0.05, 0.1) is 18.3 Å². The number of hydrogen-bond acceptors (Lipinski definition) is 4. The topological polar surface area (TPSA) is 49.8 Å². The second-order valence-corrected chi connectivity index (χ2v) is 6.10. The summed E-state index contributed by atoms with van der Waals surface area (Å²) < 4.78 is 18.6. The highest BCUT2D eigenvalue weighted by Crippen LogP contribution is 2.21. The molecule has 0 saturated carbocycles. The normalized spacial score (nSPS) is 22.2. The molecule has 1 unspecified atom stereocenters. The predicted molar refractivity (Wildman–Crippen MR) is 77.8 cm³/mol. The first-order valence-corrected chi connectivity index (χ1v) is 7.19. The molecule has 2 rings (SSSR count). The summed E-state index contributed by atoms with van der Waals surface area (Å²) in [5, 5.41) is 9.27. The number of ether oxygens (including phenoxy) is 1. The summed E-state index contributed by atoms with van der Waals surface area (Å²) in [5.74, 6) is -0.341. The van der Waals surface area contributed by atoms with E-state index in [4.69, 9.17) is 4.74 Å². The van der Waals surface area contributed by atoms with Gasteiger partial charge in [-0.1, -0.05) is 0 Å². The second-order valence-electron chi connectivity index (χ2n) is 6.10. The Kier molecular flexibility index (Phi) is 5.08. The van der Waals surface area contributed by atoms with Gasteiger partial charge in [0.2, 0.25) is 0 Å². The van der Waals surface area contributed by atoms with Crippen LogP contribution >= 0.6 is 0 Å². The fourth-order valence-electron chi connectivity index (χ4n) is 2.72. The van der Waals surface area contributed by atoms with Crippen molar-refractivity contribution in [2.45, 2.75) is 32.0 Å². The highest BCUT2D eigenvalue weighted by atomic mass is 19.1. The summed E-state index contributed by atoms with van der Waals surface area (Å²) in [6.07, 6.45) is 0.162. The minimum atomic E-state index is -0.340. The van der Waals surface area contributed by atoms with Crippen LogP contribution in [-0.2, 0) is 4.74 Å². The van der Waals surface area contributed by atoms with Crippen molar-refractivity contribution in [3.63, 3.8) is 0 Å². The monoisotopic (exact) mass is 295 g/mol. The Morgan fingerprint density at radius 2 is 2.10 bits per heavy atom. The summed E-state index contributed by atoms with van der Waals surface area (Å²) in [4.78, 5) is 14.2. The molecule has 0 aliphatic carbocycles. The lowest BCUT2D eigenvalue weighted by molar-refractivity contribution is -0.148. The number of halogens is 1. The second kappa shape index (κ2) is 6.64. The zero-order valence-corrected chi connectivity index (χ0v) is 12.5. The number of morpholine rings is 1. The maximum Gasteiger partial charge on any atom is 0.164 e. The summed E-state index contributed by atoms with van der Waals surface area (Å²) in [6.45, 7) is 5.88. The quantitative estimate of drug-likeness (QED) is 0.843. The van der Waals surface area contributed by atoms with E-state index in [0.717, 1.165) is 6.54 Å². The van der Waals surface area contributed by atoms with Crippen molar-refractivity contribution in [2.75, 3.05) is 26.2 Å². The van der Waals surface area contributed by atoms with E-state index in [-0.39, 0.29) is 29.9 Å². The summed E-state index contributed by atoms with van der Waals surface area (Å²) in [7, 11) is 0. The van der Waals surface area contributed by atoms with Crippen molar-refractivity contribution in [3.8, 4) is 0 Å². The molecule has 1 saturated heterocycles. The van der Waals surface area contributed by atoms with Crippen molar-refractivity contribution in [2.24, 2.45) is 0 Å². The van der Waals surface area contributed by atoms with E-state index in [1.165, 1.54) is 24.3 Å². The van der Waals surface area contributed by atoms with Gasteiger partial charge in [0.25, 0.3) is 0 Å². The van der Waals surface area contributed by atoms with Crippen LogP contribution in [0.3, 0.4) is 0 Å². The molecule has 1 aliphatic rings. The van der Waals surface area contributed by atoms with Crippen LogP contribution < -0.4 is 0 Å². The lowest BCUT2D eigenvalue weighted by Crippen LogP contribution is -2.54. The van der Waals surface area contributed by atoms with Crippen LogP contribution in [0.1, 0.15) is 30.6 Å². The van der Waals surface area contributed by atoms with Crippen LogP contribution in [0.15, 0.2) is 24.3 Å². The van der Waals surface area contributed by atoms with Crippen LogP contribution in [0, 0.1) is 5.82 Å². The first kappa shape index (κ1) is 16.1. The number of hydrogen-bond donors (Lipinski definition) is 1. The van der Waals surface area contributed by atoms with E-state index in [1.54, 1.807) is 0 Å². The minimum Gasteiger partial charge on any atom is -0.394 e. The Bertz CT molecular complexity index is 487. The van der Waals surface area contributed by atoms with Crippen LogP contribution in [0.5, 0.6) is 0 Å². The van der Waals surface area contributed by atoms with Gasteiger partial charge in [-0.15, -0.1) is 0 Å². The molecule has 1 N–H and O–H groups in total. The van der Waals surface area contributed by atoms with Gasteiger partial charge in [-0.3, -0.25) is 9.69 Å². The lowest BCUT2D eigenvalue weighted by atomic mass is 10.0. The van der Waals surface area contributed by atoms with Crippen LogP contribution in [-0.4, -0.2) is 53.7 Å². The number of aliphatic hydroxyl groups is 1. The van der Waals surface area contributed by atoms with Crippen molar-refractivity contribution in [1.29, 1.82) is 0 Å². The van der Waals surface area contributed by atoms with Crippen molar-refractivity contribution in [1.82, 2.24) is 4.90 Å². The molecule has 1 heterocycles. The third-order valence-electron chi connectivity index (χ3n) is 3.58. The van der Waals surface area contributed by atoms with Gasteiger partial charge in [0, 0.05) is 31.6 Å². The summed E-state index contributed by atoms with van der Waals surface area (Å²) in [6, 6.07) is 5.62. The first-order chi connectivity index (χ1) is 9.89. The SMILES string of the molecule is CC1(C)CN(CCC(=O)c2ccc(F)cc2)CC(CO)O1. The van der Waals surface area contributed by atoms with Gasteiger partial charge in [0.1, 0.15) is 5.82 Å². The third kappa shape index (κ3) is 4.59. The molecule has 1 aromatic carbocycles. The molecule has 21 heavy (non-hydrogen) atoms. The van der Waals surface area contributed by atoms with Crippen molar-refractivity contribution in [3.05, 3.63) is 35.6 Å². The minimum absolute atomic E-state index is 0.000142. The molecule has 1 atom stereocenters. The maximum atomic E-state index is 12.8. The highest BCUT2D eigenvalue weighted by Gasteiger charge is 2.32. The van der Waals surface area contributed by atoms with Crippen molar-refractivity contribution >= 4 is 5.78 Å². The molecular formula is C16H22FNO3. The van der Waals surface area contributed by atoms with E-state index >= 15 is 0 Å². The molecular weight excluding hydrogens is 273 g/mol. The van der Waals surface area contributed by atoms with E-state index in [0.29, 0.717) is 25.1 Å². The number of aliphatic hydroxyl groups excluding tert-OH is 1. The summed E-state index contributed by atoms with van der Waals surface area (Å²) in [5.41, 5.74) is 0.201. The van der Waals surface area contributed by atoms with Gasteiger partial charge in [0.15, 0.2) is 5.78 Å². The third-order valence-corrected chi connectivity index (χ3v) is 3.58. The summed E-state index contributed by atoms with van der Waals surface area (Å²) >= 11 is 0. The molecule has 0 aromatic heterocycles. The average molecular weight is 295 g/mol. The first-order valence-electron chi connectivity index (χ1n) is 7.19. The molecule has 1 fully saturated rings. The maximum absolute atomic E-state index is 12.8. The van der Waals surface area contributed by atoms with E-state index in [9.17, 15) is 14.3 Å². The predicted octanol–water partition coefficient (Wildman–Crippen LogP) is 1.87. The molecule has 0 amide bonds. The zero-order chi connectivity index (χ0) is 15.5. The molecule has 5 heteroatoms. The van der Waals surface area contributed by atoms with E-state index in [2.05, 4.69) is 4.90 Å². The fourth-order valence-corrected chi connectivity index (χ4v) is 2.72. The zero-order valence-electron chi connectivity index (χ0n) is 12.5. The molecule has 0 spiro atoms. The van der Waals surface area contributed by atoms with E-state index in [1.807, 2.05) is 13.8 Å². The largest absolute Gasteiger partial charge is 0.394 e. The average Bonchev–Trinajstić information content (AvgIpc) is 2.44. The Labute approximate surface area is 124 Å². The number of carbonyl (C=O) groups excluding carboxylic acids is 1. The number of nitrogens with zero attached hydrogens (tertiary/aromatic N) is 1. The standard InChI is InChI=1S/C16H22FNO3/c1-16(2)11-18(9-14(10-19)21-16)8-7-15(20)12-3-5-13(17)6-4-12/h3-6,14,19H,7-11H2,1-2H3. The van der Waals surface area contributed by atoms with Gasteiger partial charge < -0.3 is 9.84 Å². The highest BCUT2D eigenvalue weighted by molar-refractivity contribution is 5.96. The number of benzene rings is 1. The molecule has 1 aliphatic heterocycles. The smallest absolute Gasteiger partial charge is 0.164 e. The Hall–Kier alpha value is -1.30. The molecule has 0 radical (unpaired) electrons. The van der Waals surface area contributed by atoms with Gasteiger partial charge in [-0.2, -0.15) is 0 Å². The lowest BCUT2D eigenvalue weighted by Gasteiger charge is -2.42. The molecule has 1 aromatic rings. The van der Waals surface area contributed by atoms with Gasteiger partial charge in [-0.05, 0) is 38.1 Å². The number of rotatable bonds is 5. The molecule has 0 bridgehead atoms.